The Hall–Kier alpha value is -2.47. The van der Waals surface area contributed by atoms with Crippen molar-refractivity contribution in [3.05, 3.63) is 59.2 Å². The molecule has 2 aromatic carbocycles. The summed E-state index contributed by atoms with van der Waals surface area (Å²) in [6.45, 7) is 2.73. The molecule has 1 amide bonds. The number of hydrogen-bond donors (Lipinski definition) is 2. The molecule has 0 aliphatic rings. The number of carbonyl (C=O) groups is 2. The number of hydrogen-bond acceptors (Lipinski definition) is 4. The Balaban J connectivity index is 1.85. The van der Waals surface area contributed by atoms with E-state index in [1.165, 1.54) is 0 Å². The summed E-state index contributed by atoms with van der Waals surface area (Å²) < 4.78 is 5.49. The van der Waals surface area contributed by atoms with E-state index in [-0.39, 0.29) is 12.3 Å². The fourth-order valence-corrected chi connectivity index (χ4v) is 2.81. The van der Waals surface area contributed by atoms with Crippen LogP contribution >= 0.6 is 11.8 Å². The molecule has 2 aromatic rings. The molecule has 0 aliphatic heterocycles. The molecule has 26 heavy (non-hydrogen) atoms. The zero-order chi connectivity index (χ0) is 18.9. The summed E-state index contributed by atoms with van der Waals surface area (Å²) in [7, 11) is 0. The van der Waals surface area contributed by atoms with Gasteiger partial charge < -0.3 is 15.2 Å². The van der Waals surface area contributed by atoms with E-state index in [1.54, 1.807) is 11.8 Å². The molecule has 0 aromatic heterocycles. The Morgan fingerprint density at radius 3 is 2.54 bits per heavy atom. The number of amides is 1. The molecule has 0 fully saturated rings. The molecule has 6 heteroatoms. The number of benzene rings is 2. The maximum absolute atomic E-state index is 12.4. The third kappa shape index (κ3) is 6.11. The van der Waals surface area contributed by atoms with Crippen molar-refractivity contribution in [1.29, 1.82) is 0 Å². The number of aliphatic carboxylic acids is 1. The minimum absolute atomic E-state index is 0.0904. The number of ether oxygens (including phenoxy) is 1. The van der Waals surface area contributed by atoms with E-state index in [9.17, 15) is 9.59 Å². The van der Waals surface area contributed by atoms with Crippen molar-refractivity contribution in [3.63, 3.8) is 0 Å². The number of thioether (sulfide) groups is 1. The molecule has 0 aliphatic carbocycles. The summed E-state index contributed by atoms with van der Waals surface area (Å²) in [5.74, 6) is -0.223. The molecule has 138 valence electrons. The topological polar surface area (TPSA) is 75.6 Å². The maximum Gasteiger partial charge on any atom is 0.303 e. The summed E-state index contributed by atoms with van der Waals surface area (Å²) in [4.78, 5) is 23.9. The minimum atomic E-state index is -0.821. The number of carboxylic acids is 1. The van der Waals surface area contributed by atoms with E-state index < -0.39 is 5.97 Å². The van der Waals surface area contributed by atoms with Crippen LogP contribution in [0, 0.1) is 6.92 Å². The normalized spacial score (nSPS) is 10.4. The highest BCUT2D eigenvalue weighted by Gasteiger charge is 2.09. The van der Waals surface area contributed by atoms with Crippen LogP contribution in [0.3, 0.4) is 0 Å². The van der Waals surface area contributed by atoms with Gasteiger partial charge in [-0.15, -0.1) is 11.8 Å². The van der Waals surface area contributed by atoms with Gasteiger partial charge in [0.2, 0.25) is 0 Å². The van der Waals surface area contributed by atoms with Gasteiger partial charge in [0, 0.05) is 23.4 Å². The standard InChI is InChI=1S/C20H23NO4S/c1-14-5-10-17(26-2)12-18(14)20(24)21-13-15-6-8-16(9-7-15)25-11-3-4-19(22)23/h5-10,12H,3-4,11,13H2,1-2H3,(H,21,24)(H,22,23). The highest BCUT2D eigenvalue weighted by Crippen LogP contribution is 2.19. The maximum atomic E-state index is 12.4. The van der Waals surface area contributed by atoms with Crippen LogP contribution in [0.4, 0.5) is 0 Å². The van der Waals surface area contributed by atoms with Gasteiger partial charge in [-0.1, -0.05) is 18.2 Å². The van der Waals surface area contributed by atoms with Crippen LogP contribution in [0.25, 0.3) is 0 Å². The Labute approximate surface area is 157 Å². The molecule has 0 unspecified atom stereocenters. The third-order valence-corrected chi connectivity index (χ3v) is 4.59. The quantitative estimate of drug-likeness (QED) is 0.515. The van der Waals surface area contributed by atoms with E-state index >= 15 is 0 Å². The van der Waals surface area contributed by atoms with Crippen LogP contribution in [-0.2, 0) is 11.3 Å². The van der Waals surface area contributed by atoms with E-state index in [0.29, 0.717) is 30.9 Å². The predicted molar refractivity (Wildman–Crippen MR) is 103 cm³/mol. The SMILES string of the molecule is CSc1ccc(C)c(C(=O)NCc2ccc(OCCCC(=O)O)cc2)c1. The second kappa shape index (κ2) is 9.87. The molecule has 5 nitrogen and oxygen atoms in total. The van der Waals surface area contributed by atoms with Crippen LogP contribution in [0.15, 0.2) is 47.4 Å². The Bertz CT molecular complexity index is 759. The molecule has 2 rings (SSSR count). The van der Waals surface area contributed by atoms with E-state index in [0.717, 1.165) is 16.0 Å². The van der Waals surface area contributed by atoms with Gasteiger partial charge in [-0.25, -0.2) is 0 Å². The molecule has 0 saturated heterocycles. The molecule has 0 bridgehead atoms. The lowest BCUT2D eigenvalue weighted by molar-refractivity contribution is -0.137. The first-order chi connectivity index (χ1) is 12.5. The molecule has 0 spiro atoms. The first-order valence-corrected chi connectivity index (χ1v) is 9.58. The second-order valence-electron chi connectivity index (χ2n) is 5.85. The summed E-state index contributed by atoms with van der Waals surface area (Å²) in [6, 6.07) is 13.3. The average molecular weight is 373 g/mol. The Kier molecular flexibility index (Phi) is 7.53. The van der Waals surface area contributed by atoms with Crippen LogP contribution in [-0.4, -0.2) is 29.8 Å². The van der Waals surface area contributed by atoms with Gasteiger partial charge in [0.1, 0.15) is 5.75 Å². The van der Waals surface area contributed by atoms with Crippen molar-refractivity contribution in [1.82, 2.24) is 5.32 Å². The number of carbonyl (C=O) groups excluding carboxylic acids is 1. The monoisotopic (exact) mass is 373 g/mol. The average Bonchev–Trinajstić information content (AvgIpc) is 2.64. The Morgan fingerprint density at radius 2 is 1.88 bits per heavy atom. The smallest absolute Gasteiger partial charge is 0.303 e. The minimum Gasteiger partial charge on any atom is -0.494 e. The van der Waals surface area contributed by atoms with Crippen LogP contribution in [0.1, 0.15) is 34.3 Å². The molecule has 0 saturated carbocycles. The predicted octanol–water partition coefficient (Wildman–Crippen LogP) is 3.89. The fourth-order valence-electron chi connectivity index (χ4n) is 2.37. The van der Waals surface area contributed by atoms with Gasteiger partial charge in [-0.05, 0) is 55.0 Å². The lowest BCUT2D eigenvalue weighted by Gasteiger charge is -2.10. The van der Waals surface area contributed by atoms with Gasteiger partial charge in [-0.2, -0.15) is 0 Å². The van der Waals surface area contributed by atoms with Crippen molar-refractivity contribution in [2.45, 2.75) is 31.2 Å². The van der Waals surface area contributed by atoms with Crippen LogP contribution in [0.2, 0.25) is 0 Å². The summed E-state index contributed by atoms with van der Waals surface area (Å²) in [6.07, 6.45) is 2.56. The van der Waals surface area contributed by atoms with Gasteiger partial charge in [0.05, 0.1) is 6.61 Å². The number of aryl methyl sites for hydroxylation is 1. The number of carboxylic acid groups (broad SMARTS) is 1. The highest BCUT2D eigenvalue weighted by molar-refractivity contribution is 7.98. The highest BCUT2D eigenvalue weighted by atomic mass is 32.2. The number of rotatable bonds is 9. The first kappa shape index (κ1) is 19.8. The molecule has 2 N–H and O–H groups in total. The van der Waals surface area contributed by atoms with Crippen molar-refractivity contribution < 1.29 is 19.4 Å². The summed E-state index contributed by atoms with van der Waals surface area (Å²) >= 11 is 1.61. The lowest BCUT2D eigenvalue weighted by atomic mass is 10.1. The summed E-state index contributed by atoms with van der Waals surface area (Å²) in [5, 5.41) is 11.5. The van der Waals surface area contributed by atoms with Crippen molar-refractivity contribution >= 4 is 23.6 Å². The first-order valence-electron chi connectivity index (χ1n) is 8.36. The van der Waals surface area contributed by atoms with Gasteiger partial charge in [-0.3, -0.25) is 9.59 Å². The molecular formula is C20H23NO4S. The van der Waals surface area contributed by atoms with E-state index in [4.69, 9.17) is 9.84 Å². The van der Waals surface area contributed by atoms with Crippen LogP contribution < -0.4 is 10.1 Å². The third-order valence-electron chi connectivity index (χ3n) is 3.87. The Morgan fingerprint density at radius 1 is 1.15 bits per heavy atom. The van der Waals surface area contributed by atoms with Crippen LogP contribution in [0.5, 0.6) is 5.75 Å². The van der Waals surface area contributed by atoms with Gasteiger partial charge >= 0.3 is 5.97 Å². The second-order valence-corrected chi connectivity index (χ2v) is 6.73. The zero-order valence-electron chi connectivity index (χ0n) is 15.0. The summed E-state index contributed by atoms with van der Waals surface area (Å²) in [5.41, 5.74) is 2.61. The lowest BCUT2D eigenvalue weighted by Crippen LogP contribution is -2.23. The zero-order valence-corrected chi connectivity index (χ0v) is 15.8. The molecule has 0 radical (unpaired) electrons. The van der Waals surface area contributed by atoms with Crippen molar-refractivity contribution in [3.8, 4) is 5.75 Å². The van der Waals surface area contributed by atoms with Crippen molar-refractivity contribution in [2.75, 3.05) is 12.9 Å². The van der Waals surface area contributed by atoms with Gasteiger partial charge in [0.15, 0.2) is 0 Å². The largest absolute Gasteiger partial charge is 0.494 e. The van der Waals surface area contributed by atoms with E-state index in [2.05, 4.69) is 5.32 Å². The van der Waals surface area contributed by atoms with Crippen molar-refractivity contribution in [2.24, 2.45) is 0 Å². The molecular weight excluding hydrogens is 350 g/mol. The molecule has 0 heterocycles. The van der Waals surface area contributed by atoms with E-state index in [1.807, 2.05) is 55.6 Å². The van der Waals surface area contributed by atoms with Gasteiger partial charge in [0.25, 0.3) is 5.91 Å². The number of nitrogens with one attached hydrogen (secondary N) is 1. The fraction of sp³-hybridized carbons (Fsp3) is 0.300. The molecule has 0 atom stereocenters.